The van der Waals surface area contributed by atoms with Crippen molar-refractivity contribution >= 4 is 5.97 Å². The van der Waals surface area contributed by atoms with Gasteiger partial charge >= 0.3 is 5.97 Å². The molecule has 2 aromatic carbocycles. The minimum Gasteiger partial charge on any atom is -0.497 e. The van der Waals surface area contributed by atoms with Crippen molar-refractivity contribution in [2.45, 2.75) is 6.42 Å². The molecular weight excluding hydrogens is 275 g/mol. The molecule has 0 atom stereocenters. The summed E-state index contributed by atoms with van der Waals surface area (Å²) in [7, 11) is 1.59. The van der Waals surface area contributed by atoms with Crippen LogP contribution in [0.1, 0.15) is 15.9 Å². The molecule has 0 saturated carbocycles. The van der Waals surface area contributed by atoms with E-state index in [1.54, 1.807) is 7.11 Å². The van der Waals surface area contributed by atoms with Crippen LogP contribution in [0, 0.1) is 5.82 Å². The van der Waals surface area contributed by atoms with Crippen LogP contribution in [0.2, 0.25) is 0 Å². The maximum absolute atomic E-state index is 13.2. The van der Waals surface area contributed by atoms with Gasteiger partial charge in [0.05, 0.1) is 13.7 Å². The van der Waals surface area contributed by atoms with E-state index in [-0.39, 0.29) is 17.9 Å². The number of ether oxygens (including phenoxy) is 2. The zero-order valence-electron chi connectivity index (χ0n) is 11.5. The summed E-state index contributed by atoms with van der Waals surface area (Å²) in [6.45, 7) is 0.260. The molecule has 2 aromatic rings. The number of carbonyl (C=O) groups is 1. The van der Waals surface area contributed by atoms with Crippen LogP contribution >= 0.6 is 0 Å². The second kappa shape index (κ2) is 6.74. The smallest absolute Gasteiger partial charge is 0.339 e. The fourth-order valence-electron chi connectivity index (χ4n) is 1.86. The SMILES string of the molecule is COc1ccc(CCOc2cc(F)ccc2C(=O)O)cc1. The van der Waals surface area contributed by atoms with Gasteiger partial charge in [0.2, 0.25) is 0 Å². The predicted octanol–water partition coefficient (Wildman–Crippen LogP) is 3.15. The van der Waals surface area contributed by atoms with Gasteiger partial charge in [-0.25, -0.2) is 9.18 Å². The summed E-state index contributed by atoms with van der Waals surface area (Å²) < 4.78 is 23.6. The van der Waals surface area contributed by atoms with E-state index in [1.165, 1.54) is 6.07 Å². The lowest BCUT2D eigenvalue weighted by molar-refractivity contribution is 0.0692. The summed E-state index contributed by atoms with van der Waals surface area (Å²) in [4.78, 5) is 11.0. The van der Waals surface area contributed by atoms with Crippen LogP contribution in [0.3, 0.4) is 0 Å². The average Bonchev–Trinajstić information content (AvgIpc) is 2.48. The maximum atomic E-state index is 13.2. The molecule has 21 heavy (non-hydrogen) atoms. The third-order valence-corrected chi connectivity index (χ3v) is 2.98. The Morgan fingerprint density at radius 3 is 2.52 bits per heavy atom. The van der Waals surface area contributed by atoms with Crippen molar-refractivity contribution < 1.29 is 23.8 Å². The van der Waals surface area contributed by atoms with Crippen LogP contribution in [-0.4, -0.2) is 24.8 Å². The lowest BCUT2D eigenvalue weighted by Crippen LogP contribution is -2.06. The lowest BCUT2D eigenvalue weighted by Gasteiger charge is -2.09. The molecule has 5 heteroatoms. The monoisotopic (exact) mass is 290 g/mol. The molecule has 0 amide bonds. The first-order chi connectivity index (χ1) is 10.1. The first kappa shape index (κ1) is 14.8. The summed E-state index contributed by atoms with van der Waals surface area (Å²) in [5.74, 6) is -0.872. The van der Waals surface area contributed by atoms with Crippen LogP contribution in [0.5, 0.6) is 11.5 Å². The fraction of sp³-hybridized carbons (Fsp3) is 0.188. The molecule has 1 N–H and O–H groups in total. The molecule has 0 radical (unpaired) electrons. The number of carboxylic acids is 1. The standard InChI is InChI=1S/C16H15FO4/c1-20-13-5-2-11(3-6-13)8-9-21-15-10-12(17)4-7-14(15)16(18)19/h2-7,10H,8-9H2,1H3,(H,18,19). The van der Waals surface area contributed by atoms with Crippen molar-refractivity contribution in [3.63, 3.8) is 0 Å². The molecular formula is C16H15FO4. The van der Waals surface area contributed by atoms with Gasteiger partial charge in [-0.3, -0.25) is 0 Å². The Kier molecular flexibility index (Phi) is 4.77. The molecule has 0 aliphatic rings. The van der Waals surface area contributed by atoms with Crippen molar-refractivity contribution in [3.8, 4) is 11.5 Å². The molecule has 4 nitrogen and oxygen atoms in total. The molecule has 0 aliphatic carbocycles. The van der Waals surface area contributed by atoms with E-state index in [1.807, 2.05) is 24.3 Å². The first-order valence-corrected chi connectivity index (χ1v) is 6.38. The minimum atomic E-state index is -1.14. The van der Waals surface area contributed by atoms with E-state index in [9.17, 15) is 9.18 Å². The van der Waals surface area contributed by atoms with Gasteiger partial charge in [0, 0.05) is 12.5 Å². The van der Waals surface area contributed by atoms with Crippen LogP contribution in [0.4, 0.5) is 4.39 Å². The molecule has 0 saturated heterocycles. The topological polar surface area (TPSA) is 55.8 Å². The number of methoxy groups -OCH3 is 1. The zero-order chi connectivity index (χ0) is 15.2. The summed E-state index contributed by atoms with van der Waals surface area (Å²) in [6, 6.07) is 10.8. The van der Waals surface area contributed by atoms with Gasteiger partial charge in [0.15, 0.2) is 0 Å². The maximum Gasteiger partial charge on any atom is 0.339 e. The van der Waals surface area contributed by atoms with E-state index in [0.717, 1.165) is 23.4 Å². The van der Waals surface area contributed by atoms with Crippen molar-refractivity contribution in [2.24, 2.45) is 0 Å². The van der Waals surface area contributed by atoms with E-state index in [4.69, 9.17) is 14.6 Å². The van der Waals surface area contributed by atoms with Crippen molar-refractivity contribution in [1.29, 1.82) is 0 Å². The first-order valence-electron chi connectivity index (χ1n) is 6.38. The Morgan fingerprint density at radius 1 is 1.19 bits per heavy atom. The van der Waals surface area contributed by atoms with Crippen LogP contribution in [-0.2, 0) is 6.42 Å². The molecule has 0 bridgehead atoms. The van der Waals surface area contributed by atoms with Crippen LogP contribution in [0.15, 0.2) is 42.5 Å². The van der Waals surface area contributed by atoms with E-state index < -0.39 is 11.8 Å². The third kappa shape index (κ3) is 3.95. The van der Waals surface area contributed by atoms with E-state index in [0.29, 0.717) is 6.42 Å². The second-order valence-corrected chi connectivity index (χ2v) is 4.39. The van der Waals surface area contributed by atoms with Crippen molar-refractivity contribution in [1.82, 2.24) is 0 Å². The molecule has 0 aromatic heterocycles. The molecule has 0 heterocycles. The minimum absolute atomic E-state index is 0.0380. The number of halogens is 1. The molecule has 110 valence electrons. The lowest BCUT2D eigenvalue weighted by atomic mass is 10.1. The molecule has 0 aliphatic heterocycles. The van der Waals surface area contributed by atoms with E-state index >= 15 is 0 Å². The highest BCUT2D eigenvalue weighted by atomic mass is 19.1. The van der Waals surface area contributed by atoms with Gasteiger partial charge in [-0.1, -0.05) is 12.1 Å². The molecule has 0 unspecified atom stereocenters. The van der Waals surface area contributed by atoms with Gasteiger partial charge in [-0.15, -0.1) is 0 Å². The van der Waals surface area contributed by atoms with Crippen LogP contribution < -0.4 is 9.47 Å². The Bertz CT molecular complexity index is 623. The summed E-state index contributed by atoms with van der Waals surface area (Å²) in [5, 5.41) is 9.01. The van der Waals surface area contributed by atoms with Gasteiger partial charge in [0.25, 0.3) is 0 Å². The Morgan fingerprint density at radius 2 is 1.90 bits per heavy atom. The number of benzene rings is 2. The summed E-state index contributed by atoms with van der Waals surface area (Å²) in [6.07, 6.45) is 0.583. The highest BCUT2D eigenvalue weighted by Gasteiger charge is 2.12. The van der Waals surface area contributed by atoms with Crippen molar-refractivity contribution in [2.75, 3.05) is 13.7 Å². The van der Waals surface area contributed by atoms with Gasteiger partial charge in [-0.2, -0.15) is 0 Å². The van der Waals surface area contributed by atoms with Crippen LogP contribution in [0.25, 0.3) is 0 Å². The Labute approximate surface area is 121 Å². The number of carboxylic acid groups (broad SMARTS) is 1. The molecule has 0 spiro atoms. The Balaban J connectivity index is 1.99. The summed E-state index contributed by atoms with van der Waals surface area (Å²) >= 11 is 0. The average molecular weight is 290 g/mol. The number of hydrogen-bond acceptors (Lipinski definition) is 3. The molecule has 0 fully saturated rings. The summed E-state index contributed by atoms with van der Waals surface area (Å²) in [5.41, 5.74) is 0.968. The van der Waals surface area contributed by atoms with Gasteiger partial charge in [0.1, 0.15) is 22.9 Å². The third-order valence-electron chi connectivity index (χ3n) is 2.98. The van der Waals surface area contributed by atoms with Crippen molar-refractivity contribution in [3.05, 3.63) is 59.4 Å². The highest BCUT2D eigenvalue weighted by Crippen LogP contribution is 2.20. The van der Waals surface area contributed by atoms with Gasteiger partial charge < -0.3 is 14.6 Å². The number of hydrogen-bond donors (Lipinski definition) is 1. The largest absolute Gasteiger partial charge is 0.497 e. The van der Waals surface area contributed by atoms with E-state index in [2.05, 4.69) is 0 Å². The normalized spacial score (nSPS) is 10.2. The Hall–Kier alpha value is -2.56. The predicted molar refractivity (Wildman–Crippen MR) is 75.6 cm³/mol. The number of rotatable bonds is 6. The fourth-order valence-corrected chi connectivity index (χ4v) is 1.86. The second-order valence-electron chi connectivity index (χ2n) is 4.39. The quantitative estimate of drug-likeness (QED) is 0.888. The molecule has 2 rings (SSSR count). The van der Waals surface area contributed by atoms with Gasteiger partial charge in [-0.05, 0) is 29.8 Å². The highest BCUT2D eigenvalue weighted by molar-refractivity contribution is 5.90. The number of aromatic carboxylic acids is 1. The zero-order valence-corrected chi connectivity index (χ0v) is 11.5.